The van der Waals surface area contributed by atoms with E-state index in [-0.39, 0.29) is 11.7 Å². The molecule has 134 valence electrons. The molecule has 0 aliphatic carbocycles. The molecule has 26 heavy (non-hydrogen) atoms. The zero-order valence-electron chi connectivity index (χ0n) is 14.8. The highest BCUT2D eigenvalue weighted by Crippen LogP contribution is 2.26. The lowest BCUT2D eigenvalue weighted by Gasteiger charge is -2.08. The van der Waals surface area contributed by atoms with Gasteiger partial charge in [0.25, 0.3) is 0 Å². The number of aromatic nitrogens is 3. The number of aryl methyl sites for hydroxylation is 2. The van der Waals surface area contributed by atoms with Gasteiger partial charge in [0, 0.05) is 17.1 Å². The summed E-state index contributed by atoms with van der Waals surface area (Å²) >= 11 is 4.84. The van der Waals surface area contributed by atoms with Crippen LogP contribution in [0, 0.1) is 13.8 Å². The number of amides is 1. The Morgan fingerprint density at radius 1 is 1.19 bits per heavy atom. The lowest BCUT2D eigenvalue weighted by atomic mass is 10.1. The molecule has 5 nitrogen and oxygen atoms in total. The molecule has 2 aromatic carbocycles. The van der Waals surface area contributed by atoms with E-state index in [1.807, 2.05) is 67.9 Å². The van der Waals surface area contributed by atoms with Gasteiger partial charge in [0.15, 0.2) is 11.0 Å². The van der Waals surface area contributed by atoms with Gasteiger partial charge in [-0.25, -0.2) is 0 Å². The van der Waals surface area contributed by atoms with Gasteiger partial charge in [-0.1, -0.05) is 42.1 Å². The number of carbonyl (C=O) groups is 1. The quantitative estimate of drug-likeness (QED) is 0.601. The molecule has 0 saturated heterocycles. The first-order valence-electron chi connectivity index (χ1n) is 8.10. The molecule has 3 aromatic rings. The van der Waals surface area contributed by atoms with Crippen molar-refractivity contribution in [2.24, 2.45) is 7.05 Å². The fraction of sp³-hybridized carbons (Fsp3) is 0.211. The Morgan fingerprint density at radius 2 is 1.96 bits per heavy atom. The third-order valence-corrected chi connectivity index (χ3v) is 5.63. The van der Waals surface area contributed by atoms with Gasteiger partial charge in [-0.05, 0) is 53.0 Å². The summed E-state index contributed by atoms with van der Waals surface area (Å²) in [5.41, 5.74) is 4.08. The SMILES string of the molecule is Cc1ccc(NC(=O)CSc2nnc(-c3ccccc3C)n2C)c(Br)c1. The fourth-order valence-electron chi connectivity index (χ4n) is 2.54. The van der Waals surface area contributed by atoms with Crippen molar-refractivity contribution in [3.8, 4) is 11.4 Å². The second-order valence-corrected chi connectivity index (χ2v) is 7.80. The van der Waals surface area contributed by atoms with Gasteiger partial charge in [-0.3, -0.25) is 4.79 Å². The largest absolute Gasteiger partial charge is 0.324 e. The van der Waals surface area contributed by atoms with Gasteiger partial charge in [0.1, 0.15) is 0 Å². The number of thioether (sulfide) groups is 1. The summed E-state index contributed by atoms with van der Waals surface area (Å²) in [5.74, 6) is 0.979. The van der Waals surface area contributed by atoms with Crippen molar-refractivity contribution in [2.75, 3.05) is 11.1 Å². The average Bonchev–Trinajstić information content (AvgIpc) is 2.97. The van der Waals surface area contributed by atoms with Crippen LogP contribution in [0.15, 0.2) is 52.1 Å². The number of benzene rings is 2. The minimum Gasteiger partial charge on any atom is -0.324 e. The van der Waals surface area contributed by atoms with Crippen molar-refractivity contribution in [3.63, 3.8) is 0 Å². The lowest BCUT2D eigenvalue weighted by molar-refractivity contribution is -0.113. The summed E-state index contributed by atoms with van der Waals surface area (Å²) in [4.78, 5) is 12.3. The summed E-state index contributed by atoms with van der Waals surface area (Å²) < 4.78 is 2.79. The Morgan fingerprint density at radius 3 is 2.69 bits per heavy atom. The highest BCUT2D eigenvalue weighted by atomic mass is 79.9. The molecule has 0 bridgehead atoms. The van der Waals surface area contributed by atoms with Crippen LogP contribution in [0.2, 0.25) is 0 Å². The molecule has 0 aliphatic heterocycles. The monoisotopic (exact) mass is 430 g/mol. The molecule has 0 radical (unpaired) electrons. The molecule has 0 saturated carbocycles. The van der Waals surface area contributed by atoms with Gasteiger partial charge in [-0.2, -0.15) is 0 Å². The van der Waals surface area contributed by atoms with E-state index < -0.39 is 0 Å². The molecule has 1 aromatic heterocycles. The Labute approximate surface area is 165 Å². The minimum atomic E-state index is -0.0833. The number of carbonyl (C=O) groups excluding carboxylic acids is 1. The van der Waals surface area contributed by atoms with Crippen LogP contribution in [0.25, 0.3) is 11.4 Å². The van der Waals surface area contributed by atoms with Crippen LogP contribution in [0.5, 0.6) is 0 Å². The molecule has 1 amide bonds. The maximum atomic E-state index is 12.3. The Hall–Kier alpha value is -2.12. The van der Waals surface area contributed by atoms with E-state index in [9.17, 15) is 4.79 Å². The maximum absolute atomic E-state index is 12.3. The second-order valence-electron chi connectivity index (χ2n) is 6.00. The summed E-state index contributed by atoms with van der Waals surface area (Å²) in [6, 6.07) is 13.9. The Kier molecular flexibility index (Phi) is 5.78. The van der Waals surface area contributed by atoms with Crippen molar-refractivity contribution >= 4 is 39.3 Å². The van der Waals surface area contributed by atoms with Gasteiger partial charge < -0.3 is 9.88 Å². The highest BCUT2D eigenvalue weighted by molar-refractivity contribution is 9.10. The Bertz CT molecular complexity index is 954. The van der Waals surface area contributed by atoms with Crippen molar-refractivity contribution in [3.05, 3.63) is 58.1 Å². The van der Waals surface area contributed by atoms with Crippen molar-refractivity contribution < 1.29 is 4.79 Å². The zero-order valence-corrected chi connectivity index (χ0v) is 17.2. The lowest BCUT2D eigenvalue weighted by Crippen LogP contribution is -2.14. The number of hydrogen-bond acceptors (Lipinski definition) is 4. The first kappa shape index (κ1) is 18.7. The molecule has 3 rings (SSSR count). The van der Waals surface area contributed by atoms with Gasteiger partial charge in [0.2, 0.25) is 5.91 Å². The predicted octanol–water partition coefficient (Wildman–Crippen LogP) is 4.59. The first-order chi connectivity index (χ1) is 12.5. The third kappa shape index (κ3) is 4.16. The van der Waals surface area contributed by atoms with Crippen LogP contribution in [0.1, 0.15) is 11.1 Å². The normalized spacial score (nSPS) is 10.8. The van der Waals surface area contributed by atoms with Crippen LogP contribution >= 0.6 is 27.7 Å². The maximum Gasteiger partial charge on any atom is 0.234 e. The molecule has 0 atom stereocenters. The molecule has 0 aliphatic rings. The van der Waals surface area contributed by atoms with Crippen LogP contribution in [-0.4, -0.2) is 26.4 Å². The number of nitrogens with zero attached hydrogens (tertiary/aromatic N) is 3. The second kappa shape index (κ2) is 8.05. The molecular weight excluding hydrogens is 412 g/mol. The van der Waals surface area contributed by atoms with Crippen molar-refractivity contribution in [1.82, 2.24) is 14.8 Å². The van der Waals surface area contributed by atoms with Crippen LogP contribution < -0.4 is 5.32 Å². The molecule has 0 unspecified atom stereocenters. The van der Waals surface area contributed by atoms with E-state index in [1.54, 1.807) is 0 Å². The Balaban J connectivity index is 1.67. The van der Waals surface area contributed by atoms with Gasteiger partial charge >= 0.3 is 0 Å². The molecule has 7 heteroatoms. The summed E-state index contributed by atoms with van der Waals surface area (Å²) in [7, 11) is 1.92. The van der Waals surface area contributed by atoms with E-state index in [0.717, 1.165) is 32.7 Å². The number of hydrogen-bond donors (Lipinski definition) is 1. The van der Waals surface area contributed by atoms with Gasteiger partial charge in [0.05, 0.1) is 11.4 Å². The van der Waals surface area contributed by atoms with Gasteiger partial charge in [-0.15, -0.1) is 10.2 Å². The first-order valence-corrected chi connectivity index (χ1v) is 9.88. The molecule has 0 spiro atoms. The van der Waals surface area contributed by atoms with Crippen molar-refractivity contribution in [2.45, 2.75) is 19.0 Å². The summed E-state index contributed by atoms with van der Waals surface area (Å²) in [5, 5.41) is 12.1. The average molecular weight is 431 g/mol. The van der Waals surface area contributed by atoms with E-state index in [2.05, 4.69) is 31.4 Å². The standard InChI is InChI=1S/C19H19BrN4OS/c1-12-8-9-16(15(20)10-12)21-17(25)11-26-19-23-22-18(24(19)3)14-7-5-4-6-13(14)2/h4-10H,11H2,1-3H3,(H,21,25). The predicted molar refractivity (Wildman–Crippen MR) is 109 cm³/mol. The third-order valence-electron chi connectivity index (χ3n) is 3.95. The number of anilines is 1. The van der Waals surface area contributed by atoms with E-state index in [4.69, 9.17) is 0 Å². The smallest absolute Gasteiger partial charge is 0.234 e. The number of nitrogens with one attached hydrogen (secondary N) is 1. The molecule has 1 heterocycles. The number of rotatable bonds is 5. The number of halogens is 1. The van der Waals surface area contributed by atoms with Crippen LogP contribution in [-0.2, 0) is 11.8 Å². The molecule has 0 fully saturated rings. The summed E-state index contributed by atoms with van der Waals surface area (Å²) in [6.45, 7) is 4.05. The fourth-order valence-corrected chi connectivity index (χ4v) is 3.84. The van der Waals surface area contributed by atoms with E-state index >= 15 is 0 Å². The zero-order chi connectivity index (χ0) is 18.7. The van der Waals surface area contributed by atoms with Crippen molar-refractivity contribution in [1.29, 1.82) is 0 Å². The van der Waals surface area contributed by atoms with E-state index in [0.29, 0.717) is 5.16 Å². The summed E-state index contributed by atoms with van der Waals surface area (Å²) in [6.07, 6.45) is 0. The highest BCUT2D eigenvalue weighted by Gasteiger charge is 2.14. The minimum absolute atomic E-state index is 0.0833. The van der Waals surface area contributed by atoms with Crippen LogP contribution in [0.4, 0.5) is 5.69 Å². The molecular formula is C19H19BrN4OS. The molecule has 1 N–H and O–H groups in total. The topological polar surface area (TPSA) is 59.8 Å². The van der Waals surface area contributed by atoms with E-state index in [1.165, 1.54) is 11.8 Å². The van der Waals surface area contributed by atoms with Crippen LogP contribution in [0.3, 0.4) is 0 Å².